The zero-order valence-corrected chi connectivity index (χ0v) is 16.9. The first-order chi connectivity index (χ1) is 14.6. The quantitative estimate of drug-likeness (QED) is 0.181. The van der Waals surface area contributed by atoms with Crippen molar-refractivity contribution >= 4 is 34.9 Å². The van der Waals surface area contributed by atoms with Crippen LogP contribution in [0.4, 0.5) is 18.9 Å². The Kier molecular flexibility index (Phi) is 6.52. The lowest BCUT2D eigenvalue weighted by atomic mass is 9.91. The third-order valence-corrected chi connectivity index (χ3v) is 4.84. The SMILES string of the molecule is O=C(Oc1ccc([N+](=O)[O-])cc1C(F)(F)F)C(c1ccc(Cl)cc1)c1ccc(Cl)cc1. The van der Waals surface area contributed by atoms with Gasteiger partial charge in [-0.1, -0.05) is 47.5 Å². The maximum Gasteiger partial charge on any atom is 0.420 e. The maximum absolute atomic E-state index is 13.4. The predicted molar refractivity (Wildman–Crippen MR) is 108 cm³/mol. The van der Waals surface area contributed by atoms with Crippen LogP contribution in [0.5, 0.6) is 5.75 Å². The van der Waals surface area contributed by atoms with Gasteiger partial charge in [-0.15, -0.1) is 0 Å². The molecule has 3 rings (SSSR count). The van der Waals surface area contributed by atoms with E-state index in [4.69, 9.17) is 27.9 Å². The highest BCUT2D eigenvalue weighted by Crippen LogP contribution is 2.39. The van der Waals surface area contributed by atoms with Crippen LogP contribution in [0.25, 0.3) is 0 Å². The summed E-state index contributed by atoms with van der Waals surface area (Å²) >= 11 is 11.8. The average Bonchev–Trinajstić information content (AvgIpc) is 2.70. The summed E-state index contributed by atoms with van der Waals surface area (Å²) in [6, 6.07) is 14.2. The molecular formula is C21H12Cl2F3NO4. The number of carbonyl (C=O) groups excluding carboxylic acids is 1. The van der Waals surface area contributed by atoms with Crippen molar-refractivity contribution in [3.05, 3.63) is 104 Å². The molecule has 160 valence electrons. The number of non-ortho nitro benzene ring substituents is 1. The molecule has 0 atom stereocenters. The molecule has 10 heteroatoms. The molecule has 0 aliphatic rings. The van der Waals surface area contributed by atoms with Crippen LogP contribution < -0.4 is 4.74 Å². The minimum absolute atomic E-state index is 0.322. The second kappa shape index (κ2) is 8.95. The molecule has 0 aromatic heterocycles. The maximum atomic E-state index is 13.4. The summed E-state index contributed by atoms with van der Waals surface area (Å²) < 4.78 is 45.4. The molecule has 0 spiro atoms. The van der Waals surface area contributed by atoms with E-state index in [1.54, 1.807) is 24.3 Å². The van der Waals surface area contributed by atoms with Crippen molar-refractivity contribution in [3.63, 3.8) is 0 Å². The second-order valence-corrected chi connectivity index (χ2v) is 7.27. The standard InChI is InChI=1S/C21H12Cl2F3NO4/c22-14-5-1-12(2-6-14)19(13-3-7-15(23)8-4-13)20(28)31-18-10-9-16(27(29)30)11-17(18)21(24,25)26/h1-11,19H. The molecule has 31 heavy (non-hydrogen) atoms. The number of alkyl halides is 3. The number of carbonyl (C=O) groups is 1. The van der Waals surface area contributed by atoms with E-state index in [2.05, 4.69) is 0 Å². The van der Waals surface area contributed by atoms with E-state index in [1.165, 1.54) is 24.3 Å². The molecule has 3 aromatic carbocycles. The first-order valence-corrected chi connectivity index (χ1v) is 9.40. The van der Waals surface area contributed by atoms with E-state index in [0.29, 0.717) is 27.2 Å². The van der Waals surface area contributed by atoms with Crippen LogP contribution in [0.1, 0.15) is 22.6 Å². The Morgan fingerprint density at radius 2 is 1.39 bits per heavy atom. The summed E-state index contributed by atoms with van der Waals surface area (Å²) in [5.41, 5.74) is -1.36. The molecule has 0 amide bonds. The van der Waals surface area contributed by atoms with Gasteiger partial charge in [-0.25, -0.2) is 0 Å². The molecule has 0 aliphatic carbocycles. The molecule has 0 N–H and O–H groups in total. The van der Waals surface area contributed by atoms with Crippen molar-refractivity contribution in [1.82, 2.24) is 0 Å². The Hall–Kier alpha value is -3.10. The van der Waals surface area contributed by atoms with Gasteiger partial charge in [-0.3, -0.25) is 14.9 Å². The van der Waals surface area contributed by atoms with Gasteiger partial charge in [0.05, 0.1) is 4.92 Å². The molecule has 0 saturated carbocycles. The number of ether oxygens (including phenoxy) is 1. The van der Waals surface area contributed by atoms with Crippen LogP contribution in [0.2, 0.25) is 10.0 Å². The van der Waals surface area contributed by atoms with Gasteiger partial charge < -0.3 is 4.74 Å². The molecule has 0 radical (unpaired) electrons. The largest absolute Gasteiger partial charge is 0.425 e. The topological polar surface area (TPSA) is 69.4 Å². The molecule has 0 aliphatic heterocycles. The van der Waals surface area contributed by atoms with Crippen LogP contribution in [0, 0.1) is 10.1 Å². The summed E-state index contributed by atoms with van der Waals surface area (Å²) in [6.07, 6.45) is -4.97. The van der Waals surface area contributed by atoms with Crippen molar-refractivity contribution in [2.75, 3.05) is 0 Å². The van der Waals surface area contributed by atoms with E-state index in [1.807, 2.05) is 0 Å². The Labute approximate surface area is 184 Å². The molecule has 0 bridgehead atoms. The molecule has 0 fully saturated rings. The van der Waals surface area contributed by atoms with Gasteiger partial charge in [0.2, 0.25) is 0 Å². The number of nitrogens with zero attached hydrogens (tertiary/aromatic N) is 1. The molecular weight excluding hydrogens is 458 g/mol. The van der Waals surface area contributed by atoms with Crippen molar-refractivity contribution in [1.29, 1.82) is 0 Å². The molecule has 3 aromatic rings. The number of nitro groups is 1. The Morgan fingerprint density at radius 3 is 1.81 bits per heavy atom. The van der Waals surface area contributed by atoms with Crippen LogP contribution in [0.15, 0.2) is 66.7 Å². The van der Waals surface area contributed by atoms with E-state index in [0.717, 1.165) is 12.1 Å². The first-order valence-electron chi connectivity index (χ1n) is 8.64. The van der Waals surface area contributed by atoms with Crippen molar-refractivity contribution in [2.45, 2.75) is 12.1 Å². The van der Waals surface area contributed by atoms with Gasteiger partial charge in [0.1, 0.15) is 17.2 Å². The number of rotatable bonds is 5. The van der Waals surface area contributed by atoms with Crippen LogP contribution in [0.3, 0.4) is 0 Å². The number of nitro benzene ring substituents is 1. The zero-order valence-electron chi connectivity index (χ0n) is 15.4. The van der Waals surface area contributed by atoms with E-state index in [9.17, 15) is 28.1 Å². The fraction of sp³-hybridized carbons (Fsp3) is 0.0952. The predicted octanol–water partition coefficient (Wildman–Crippen LogP) is 6.66. The lowest BCUT2D eigenvalue weighted by Gasteiger charge is -2.19. The van der Waals surface area contributed by atoms with Crippen molar-refractivity contribution in [3.8, 4) is 5.75 Å². The smallest absolute Gasteiger partial charge is 0.420 e. The lowest BCUT2D eigenvalue weighted by Crippen LogP contribution is -2.21. The summed E-state index contributed by atoms with van der Waals surface area (Å²) in [5.74, 6) is -2.94. The van der Waals surface area contributed by atoms with Gasteiger partial charge in [0, 0.05) is 22.2 Å². The molecule has 0 unspecified atom stereocenters. The Bertz CT molecular complexity index is 1070. The van der Waals surface area contributed by atoms with Gasteiger partial charge in [-0.2, -0.15) is 13.2 Å². The molecule has 0 saturated heterocycles. The molecule has 5 nitrogen and oxygen atoms in total. The minimum atomic E-state index is -4.97. The zero-order chi connectivity index (χ0) is 22.8. The Balaban J connectivity index is 2.04. The number of halogens is 5. The number of hydrogen-bond acceptors (Lipinski definition) is 4. The highest BCUT2D eigenvalue weighted by atomic mass is 35.5. The Morgan fingerprint density at radius 1 is 0.903 bits per heavy atom. The highest BCUT2D eigenvalue weighted by Gasteiger charge is 2.37. The third-order valence-electron chi connectivity index (χ3n) is 4.33. The number of esters is 1. The minimum Gasteiger partial charge on any atom is -0.425 e. The average molecular weight is 470 g/mol. The van der Waals surface area contributed by atoms with Crippen molar-refractivity contribution < 1.29 is 27.6 Å². The highest BCUT2D eigenvalue weighted by molar-refractivity contribution is 6.30. The monoisotopic (exact) mass is 469 g/mol. The second-order valence-electron chi connectivity index (χ2n) is 6.39. The van der Waals surface area contributed by atoms with Gasteiger partial charge >= 0.3 is 12.1 Å². The summed E-state index contributed by atoms with van der Waals surface area (Å²) in [6.45, 7) is 0. The summed E-state index contributed by atoms with van der Waals surface area (Å²) in [7, 11) is 0. The van der Waals surface area contributed by atoms with Crippen LogP contribution in [-0.4, -0.2) is 10.9 Å². The third kappa shape index (κ3) is 5.34. The normalized spacial score (nSPS) is 11.4. The first kappa shape index (κ1) is 22.6. The fourth-order valence-electron chi connectivity index (χ4n) is 2.88. The number of hydrogen-bond donors (Lipinski definition) is 0. The fourth-order valence-corrected chi connectivity index (χ4v) is 3.14. The number of benzene rings is 3. The lowest BCUT2D eigenvalue weighted by molar-refractivity contribution is -0.385. The van der Waals surface area contributed by atoms with Gasteiger partial charge in [0.25, 0.3) is 5.69 Å². The van der Waals surface area contributed by atoms with Gasteiger partial charge in [-0.05, 0) is 41.5 Å². The van der Waals surface area contributed by atoms with E-state index >= 15 is 0 Å². The van der Waals surface area contributed by atoms with E-state index < -0.39 is 40.0 Å². The van der Waals surface area contributed by atoms with Crippen LogP contribution >= 0.6 is 23.2 Å². The van der Waals surface area contributed by atoms with Crippen LogP contribution in [-0.2, 0) is 11.0 Å². The van der Waals surface area contributed by atoms with Gasteiger partial charge in [0.15, 0.2) is 0 Å². The molecule has 0 heterocycles. The summed E-state index contributed by atoms with van der Waals surface area (Å²) in [5, 5.41) is 11.7. The van der Waals surface area contributed by atoms with Crippen molar-refractivity contribution in [2.24, 2.45) is 0 Å². The van der Waals surface area contributed by atoms with E-state index in [-0.39, 0.29) is 0 Å². The summed E-state index contributed by atoms with van der Waals surface area (Å²) in [4.78, 5) is 22.9.